The molecule has 1 heterocycles. The van der Waals surface area contributed by atoms with Gasteiger partial charge in [-0.05, 0) is 31.0 Å². The van der Waals surface area contributed by atoms with Crippen molar-refractivity contribution in [3.05, 3.63) is 60.1 Å². The molecular weight excluding hydrogens is 210 g/mol. The first-order chi connectivity index (χ1) is 8.31. The molecule has 2 rings (SSSR count). The lowest BCUT2D eigenvalue weighted by Crippen LogP contribution is -2.23. The van der Waals surface area contributed by atoms with E-state index >= 15 is 0 Å². The highest BCUT2D eigenvalue weighted by Crippen LogP contribution is 2.21. The van der Waals surface area contributed by atoms with Crippen LogP contribution in [0.15, 0.2) is 53.1 Å². The summed E-state index contributed by atoms with van der Waals surface area (Å²) in [6.07, 6.45) is 2.78. The zero-order valence-corrected chi connectivity index (χ0v) is 10.4. The van der Waals surface area contributed by atoms with Crippen LogP contribution in [-0.2, 0) is 0 Å². The molecule has 1 N–H and O–H groups in total. The molecule has 0 saturated carbocycles. The molecule has 0 amide bonds. The number of benzene rings is 1. The molecule has 0 aliphatic heterocycles. The summed E-state index contributed by atoms with van der Waals surface area (Å²) in [6.45, 7) is 4.32. The van der Waals surface area contributed by atoms with E-state index in [-0.39, 0.29) is 6.04 Å². The number of nitrogens with one attached hydrogen (secondary N) is 1. The minimum Gasteiger partial charge on any atom is -0.468 e. The molecule has 17 heavy (non-hydrogen) atoms. The first-order valence-electron chi connectivity index (χ1n) is 6.15. The summed E-state index contributed by atoms with van der Waals surface area (Å²) < 4.78 is 5.41. The molecule has 0 aliphatic rings. The van der Waals surface area contributed by atoms with Gasteiger partial charge in [-0.1, -0.05) is 37.3 Å². The van der Waals surface area contributed by atoms with Crippen molar-refractivity contribution in [1.29, 1.82) is 0 Å². The van der Waals surface area contributed by atoms with E-state index < -0.39 is 0 Å². The van der Waals surface area contributed by atoms with Crippen LogP contribution in [-0.4, -0.2) is 0 Å². The summed E-state index contributed by atoms with van der Waals surface area (Å²) in [5, 5.41) is 3.59. The van der Waals surface area contributed by atoms with Gasteiger partial charge in [0.05, 0.1) is 12.3 Å². The van der Waals surface area contributed by atoms with Crippen molar-refractivity contribution < 1.29 is 4.42 Å². The molecule has 0 aliphatic carbocycles. The summed E-state index contributed by atoms with van der Waals surface area (Å²) in [6, 6.07) is 15.1. The molecule has 2 atom stereocenters. The van der Waals surface area contributed by atoms with Gasteiger partial charge >= 0.3 is 0 Å². The number of rotatable bonds is 5. The van der Waals surface area contributed by atoms with Crippen LogP contribution in [0.5, 0.6) is 0 Å². The highest BCUT2D eigenvalue weighted by molar-refractivity contribution is 5.19. The minimum atomic E-state index is 0.232. The van der Waals surface area contributed by atoms with Gasteiger partial charge in [0.25, 0.3) is 0 Å². The average molecular weight is 229 g/mol. The lowest BCUT2D eigenvalue weighted by Gasteiger charge is -2.21. The van der Waals surface area contributed by atoms with Crippen LogP contribution in [0.3, 0.4) is 0 Å². The van der Waals surface area contributed by atoms with Gasteiger partial charge in [-0.3, -0.25) is 0 Å². The van der Waals surface area contributed by atoms with Gasteiger partial charge in [-0.15, -0.1) is 0 Å². The largest absolute Gasteiger partial charge is 0.468 e. The van der Waals surface area contributed by atoms with Gasteiger partial charge in [0.15, 0.2) is 0 Å². The standard InChI is InChI=1S/C15H19NO/c1-3-14(13-8-5-4-6-9-13)16-12(2)15-10-7-11-17-15/h4-12,14,16H,3H2,1-2H3/t12-,14?/m0/s1. The predicted octanol–water partition coefficient (Wildman–Crippen LogP) is 4.08. The van der Waals surface area contributed by atoms with Crippen molar-refractivity contribution >= 4 is 0 Å². The van der Waals surface area contributed by atoms with E-state index in [9.17, 15) is 0 Å². The lowest BCUT2D eigenvalue weighted by atomic mass is 10.0. The Hall–Kier alpha value is -1.54. The van der Waals surface area contributed by atoms with Gasteiger partial charge in [0.1, 0.15) is 5.76 Å². The monoisotopic (exact) mass is 229 g/mol. The normalized spacial score (nSPS) is 14.5. The van der Waals surface area contributed by atoms with Crippen LogP contribution in [0.25, 0.3) is 0 Å². The zero-order valence-electron chi connectivity index (χ0n) is 10.4. The van der Waals surface area contributed by atoms with Gasteiger partial charge in [0, 0.05) is 6.04 Å². The Morgan fingerprint density at radius 2 is 1.88 bits per heavy atom. The molecule has 0 saturated heterocycles. The molecule has 0 radical (unpaired) electrons. The maximum absolute atomic E-state index is 5.41. The Balaban J connectivity index is 2.06. The second kappa shape index (κ2) is 5.69. The predicted molar refractivity (Wildman–Crippen MR) is 69.7 cm³/mol. The third kappa shape index (κ3) is 2.98. The maximum Gasteiger partial charge on any atom is 0.120 e. The first kappa shape index (κ1) is 11.9. The number of hydrogen-bond acceptors (Lipinski definition) is 2. The third-order valence-electron chi connectivity index (χ3n) is 3.03. The van der Waals surface area contributed by atoms with E-state index in [2.05, 4.69) is 43.4 Å². The Kier molecular flexibility index (Phi) is 3.99. The summed E-state index contributed by atoms with van der Waals surface area (Å²) in [5.41, 5.74) is 1.33. The van der Waals surface area contributed by atoms with Crippen molar-refractivity contribution in [3.63, 3.8) is 0 Å². The second-order valence-corrected chi connectivity index (χ2v) is 4.28. The molecule has 1 aromatic heterocycles. The van der Waals surface area contributed by atoms with E-state index in [1.807, 2.05) is 18.2 Å². The van der Waals surface area contributed by atoms with E-state index in [0.717, 1.165) is 12.2 Å². The smallest absolute Gasteiger partial charge is 0.120 e. The van der Waals surface area contributed by atoms with E-state index in [1.165, 1.54) is 5.56 Å². The van der Waals surface area contributed by atoms with Crippen LogP contribution in [0.2, 0.25) is 0 Å². The van der Waals surface area contributed by atoms with Gasteiger partial charge in [-0.25, -0.2) is 0 Å². The Labute approximate surface area is 103 Å². The van der Waals surface area contributed by atoms with E-state index in [4.69, 9.17) is 4.42 Å². The number of furan rings is 1. The molecule has 0 fully saturated rings. The van der Waals surface area contributed by atoms with Crippen molar-refractivity contribution in [2.24, 2.45) is 0 Å². The lowest BCUT2D eigenvalue weighted by molar-refractivity contribution is 0.387. The Morgan fingerprint density at radius 1 is 1.12 bits per heavy atom. The van der Waals surface area contributed by atoms with Crippen LogP contribution < -0.4 is 5.32 Å². The van der Waals surface area contributed by atoms with Crippen LogP contribution >= 0.6 is 0 Å². The number of hydrogen-bond donors (Lipinski definition) is 1. The molecule has 2 aromatic rings. The molecule has 2 heteroatoms. The SMILES string of the molecule is CCC(N[C@@H](C)c1ccco1)c1ccccc1. The molecular formula is C15H19NO. The third-order valence-corrected chi connectivity index (χ3v) is 3.03. The molecule has 1 unspecified atom stereocenters. The highest BCUT2D eigenvalue weighted by Gasteiger charge is 2.14. The molecule has 1 aromatic carbocycles. The quantitative estimate of drug-likeness (QED) is 0.835. The topological polar surface area (TPSA) is 25.2 Å². The molecule has 2 nitrogen and oxygen atoms in total. The van der Waals surface area contributed by atoms with Gasteiger partial charge in [0.2, 0.25) is 0 Å². The van der Waals surface area contributed by atoms with E-state index in [0.29, 0.717) is 6.04 Å². The van der Waals surface area contributed by atoms with Crippen molar-refractivity contribution in [1.82, 2.24) is 5.32 Å². The second-order valence-electron chi connectivity index (χ2n) is 4.28. The van der Waals surface area contributed by atoms with Crippen LogP contribution in [0.4, 0.5) is 0 Å². The summed E-state index contributed by atoms with van der Waals surface area (Å²) >= 11 is 0. The van der Waals surface area contributed by atoms with Crippen LogP contribution in [0, 0.1) is 0 Å². The fraction of sp³-hybridized carbons (Fsp3) is 0.333. The summed E-state index contributed by atoms with van der Waals surface area (Å²) in [4.78, 5) is 0. The van der Waals surface area contributed by atoms with Crippen molar-refractivity contribution in [2.75, 3.05) is 0 Å². The average Bonchev–Trinajstić information content (AvgIpc) is 2.90. The molecule has 0 spiro atoms. The van der Waals surface area contributed by atoms with Crippen molar-refractivity contribution in [3.8, 4) is 0 Å². The highest BCUT2D eigenvalue weighted by atomic mass is 16.3. The summed E-state index contributed by atoms with van der Waals surface area (Å²) in [7, 11) is 0. The Bertz CT molecular complexity index is 421. The van der Waals surface area contributed by atoms with Crippen LogP contribution in [0.1, 0.15) is 43.7 Å². The molecule has 90 valence electrons. The zero-order chi connectivity index (χ0) is 12.1. The molecule has 0 bridgehead atoms. The first-order valence-corrected chi connectivity index (χ1v) is 6.15. The Morgan fingerprint density at radius 3 is 2.47 bits per heavy atom. The fourth-order valence-electron chi connectivity index (χ4n) is 2.06. The maximum atomic E-state index is 5.41. The fourth-order valence-corrected chi connectivity index (χ4v) is 2.06. The van der Waals surface area contributed by atoms with E-state index in [1.54, 1.807) is 6.26 Å². The minimum absolute atomic E-state index is 0.232. The van der Waals surface area contributed by atoms with Gasteiger partial charge < -0.3 is 9.73 Å². The van der Waals surface area contributed by atoms with Crippen molar-refractivity contribution in [2.45, 2.75) is 32.4 Å². The van der Waals surface area contributed by atoms with Gasteiger partial charge in [-0.2, -0.15) is 0 Å². The summed E-state index contributed by atoms with van der Waals surface area (Å²) in [5.74, 6) is 0.986.